The van der Waals surface area contributed by atoms with Gasteiger partial charge in [-0.3, -0.25) is 9.67 Å². The van der Waals surface area contributed by atoms with E-state index in [1.807, 2.05) is 24.0 Å². The molecule has 0 saturated carbocycles. The fourth-order valence-corrected chi connectivity index (χ4v) is 2.23. The molecule has 3 heterocycles. The Kier molecular flexibility index (Phi) is 2.60. The molecule has 0 radical (unpaired) electrons. The zero-order valence-electron chi connectivity index (χ0n) is 9.80. The zero-order chi connectivity index (χ0) is 11.7. The molecule has 2 aromatic heterocycles. The minimum absolute atomic E-state index is 0.357. The first-order valence-corrected chi connectivity index (χ1v) is 5.88. The smallest absolute Gasteiger partial charge is 0.107 e. The third-order valence-electron chi connectivity index (χ3n) is 3.15. The van der Waals surface area contributed by atoms with Crippen molar-refractivity contribution >= 4 is 0 Å². The normalized spacial score (nSPS) is 19.7. The van der Waals surface area contributed by atoms with E-state index in [0.717, 1.165) is 30.0 Å². The molecule has 5 nitrogen and oxygen atoms in total. The number of hydrogen-bond acceptors (Lipinski definition) is 4. The highest BCUT2D eigenvalue weighted by Crippen LogP contribution is 2.23. The Hall–Kier alpha value is -1.75. The number of aryl methyl sites for hydroxylation is 1. The number of nitrogens with one attached hydrogen (secondary N) is 1. The number of rotatable bonds is 2. The lowest BCUT2D eigenvalue weighted by Crippen LogP contribution is -2.14. The van der Waals surface area contributed by atoms with Gasteiger partial charge in [0, 0.05) is 13.2 Å². The molecular weight excluding hydrogens is 214 g/mol. The predicted octanol–water partition coefficient (Wildman–Crippen LogP) is 1.30. The van der Waals surface area contributed by atoms with E-state index in [0.29, 0.717) is 6.04 Å². The standard InChI is InChI=1S/C12H15N5/c1-17-12(4-6-15-17)11-8-13-7-10(16-11)9-3-2-5-14-9/h4,6-9,14H,2-3,5H2,1H3/t9-/m0/s1. The van der Waals surface area contributed by atoms with Crippen molar-refractivity contribution in [1.82, 2.24) is 25.1 Å². The average molecular weight is 229 g/mol. The van der Waals surface area contributed by atoms with E-state index in [4.69, 9.17) is 0 Å². The molecule has 0 bridgehead atoms. The molecule has 88 valence electrons. The van der Waals surface area contributed by atoms with Crippen LogP contribution in [-0.2, 0) is 7.05 Å². The van der Waals surface area contributed by atoms with Crippen LogP contribution >= 0.6 is 0 Å². The largest absolute Gasteiger partial charge is 0.309 e. The SMILES string of the molecule is Cn1nccc1-c1cncc([C@@H]2CCCN2)n1. The van der Waals surface area contributed by atoms with E-state index < -0.39 is 0 Å². The molecule has 0 amide bonds. The van der Waals surface area contributed by atoms with Gasteiger partial charge in [0.1, 0.15) is 5.69 Å². The Morgan fingerprint density at radius 1 is 1.41 bits per heavy atom. The number of aromatic nitrogens is 4. The van der Waals surface area contributed by atoms with E-state index >= 15 is 0 Å². The Labute approximate surface area is 99.9 Å². The predicted molar refractivity (Wildman–Crippen MR) is 64.2 cm³/mol. The molecule has 1 aliphatic rings. The van der Waals surface area contributed by atoms with Crippen LogP contribution in [0.3, 0.4) is 0 Å². The van der Waals surface area contributed by atoms with Crippen LogP contribution in [0, 0.1) is 0 Å². The lowest BCUT2D eigenvalue weighted by molar-refractivity contribution is 0.624. The quantitative estimate of drug-likeness (QED) is 0.843. The van der Waals surface area contributed by atoms with Crippen molar-refractivity contribution in [3.63, 3.8) is 0 Å². The van der Waals surface area contributed by atoms with Crippen molar-refractivity contribution < 1.29 is 0 Å². The van der Waals surface area contributed by atoms with Crippen molar-refractivity contribution in [2.24, 2.45) is 7.05 Å². The van der Waals surface area contributed by atoms with E-state index in [1.54, 1.807) is 12.4 Å². The maximum Gasteiger partial charge on any atom is 0.107 e. The van der Waals surface area contributed by atoms with Crippen molar-refractivity contribution in [2.45, 2.75) is 18.9 Å². The fraction of sp³-hybridized carbons (Fsp3) is 0.417. The Balaban J connectivity index is 1.96. The van der Waals surface area contributed by atoms with Crippen LogP contribution in [0.4, 0.5) is 0 Å². The third-order valence-corrected chi connectivity index (χ3v) is 3.15. The highest BCUT2D eigenvalue weighted by molar-refractivity contribution is 5.52. The van der Waals surface area contributed by atoms with Crippen molar-refractivity contribution in [1.29, 1.82) is 0 Å². The second-order valence-electron chi connectivity index (χ2n) is 4.32. The van der Waals surface area contributed by atoms with Gasteiger partial charge in [0.15, 0.2) is 0 Å². The van der Waals surface area contributed by atoms with Crippen LogP contribution in [0.25, 0.3) is 11.4 Å². The Bertz CT molecular complexity index is 513. The first kappa shape index (κ1) is 10.4. The molecule has 1 saturated heterocycles. The molecule has 1 aliphatic heterocycles. The van der Waals surface area contributed by atoms with Gasteiger partial charge in [-0.2, -0.15) is 5.10 Å². The Morgan fingerprint density at radius 2 is 2.35 bits per heavy atom. The van der Waals surface area contributed by atoms with Gasteiger partial charge >= 0.3 is 0 Å². The van der Waals surface area contributed by atoms with Gasteiger partial charge in [0.25, 0.3) is 0 Å². The maximum absolute atomic E-state index is 4.67. The first-order valence-electron chi connectivity index (χ1n) is 5.88. The van der Waals surface area contributed by atoms with Crippen LogP contribution in [0.1, 0.15) is 24.6 Å². The summed E-state index contributed by atoms with van der Waals surface area (Å²) in [5.41, 5.74) is 2.91. The molecule has 2 aromatic rings. The van der Waals surface area contributed by atoms with Crippen LogP contribution in [0.2, 0.25) is 0 Å². The van der Waals surface area contributed by atoms with Gasteiger partial charge in [0.05, 0.1) is 29.8 Å². The minimum atomic E-state index is 0.357. The van der Waals surface area contributed by atoms with Crippen LogP contribution in [0.5, 0.6) is 0 Å². The van der Waals surface area contributed by atoms with E-state index in [-0.39, 0.29) is 0 Å². The van der Waals surface area contributed by atoms with Crippen molar-refractivity contribution in [3.05, 3.63) is 30.4 Å². The summed E-state index contributed by atoms with van der Waals surface area (Å²) in [5.74, 6) is 0. The molecule has 0 aliphatic carbocycles. The van der Waals surface area contributed by atoms with Crippen LogP contribution < -0.4 is 5.32 Å². The van der Waals surface area contributed by atoms with Gasteiger partial charge in [-0.05, 0) is 25.5 Å². The summed E-state index contributed by atoms with van der Waals surface area (Å²) in [7, 11) is 1.91. The average Bonchev–Trinajstić information content (AvgIpc) is 2.99. The highest BCUT2D eigenvalue weighted by atomic mass is 15.3. The summed E-state index contributed by atoms with van der Waals surface area (Å²) in [5, 5.41) is 7.59. The second-order valence-corrected chi connectivity index (χ2v) is 4.32. The lowest BCUT2D eigenvalue weighted by atomic mass is 10.1. The molecule has 0 aromatic carbocycles. The van der Waals surface area contributed by atoms with Crippen molar-refractivity contribution in [2.75, 3.05) is 6.54 Å². The maximum atomic E-state index is 4.67. The molecule has 0 unspecified atom stereocenters. The molecule has 1 atom stereocenters. The van der Waals surface area contributed by atoms with Crippen molar-refractivity contribution in [3.8, 4) is 11.4 Å². The lowest BCUT2D eigenvalue weighted by Gasteiger charge is -2.10. The van der Waals surface area contributed by atoms with Gasteiger partial charge in [-0.25, -0.2) is 4.98 Å². The van der Waals surface area contributed by atoms with Gasteiger partial charge in [-0.15, -0.1) is 0 Å². The third kappa shape index (κ3) is 1.93. The molecule has 17 heavy (non-hydrogen) atoms. The molecule has 0 spiro atoms. The molecule has 3 rings (SSSR count). The van der Waals surface area contributed by atoms with E-state index in [2.05, 4.69) is 20.4 Å². The zero-order valence-corrected chi connectivity index (χ0v) is 9.80. The molecular formula is C12H15N5. The number of hydrogen-bond donors (Lipinski definition) is 1. The monoisotopic (exact) mass is 229 g/mol. The fourth-order valence-electron chi connectivity index (χ4n) is 2.23. The van der Waals surface area contributed by atoms with Gasteiger partial charge < -0.3 is 5.32 Å². The topological polar surface area (TPSA) is 55.6 Å². The van der Waals surface area contributed by atoms with E-state index in [9.17, 15) is 0 Å². The summed E-state index contributed by atoms with van der Waals surface area (Å²) < 4.78 is 1.82. The summed E-state index contributed by atoms with van der Waals surface area (Å²) in [6.45, 7) is 1.07. The van der Waals surface area contributed by atoms with Gasteiger partial charge in [0.2, 0.25) is 0 Å². The minimum Gasteiger partial charge on any atom is -0.309 e. The number of nitrogens with zero attached hydrogens (tertiary/aromatic N) is 4. The summed E-state index contributed by atoms with van der Waals surface area (Å²) in [6, 6.07) is 2.31. The Morgan fingerprint density at radius 3 is 3.06 bits per heavy atom. The van der Waals surface area contributed by atoms with E-state index in [1.165, 1.54) is 6.42 Å². The molecule has 1 fully saturated rings. The molecule has 1 N–H and O–H groups in total. The summed E-state index contributed by atoms with van der Waals surface area (Å²) in [4.78, 5) is 8.95. The second kappa shape index (κ2) is 4.25. The van der Waals surface area contributed by atoms with Crippen LogP contribution in [-0.4, -0.2) is 26.3 Å². The summed E-state index contributed by atoms with van der Waals surface area (Å²) >= 11 is 0. The van der Waals surface area contributed by atoms with Gasteiger partial charge in [-0.1, -0.05) is 0 Å². The molecule has 5 heteroatoms. The summed E-state index contributed by atoms with van der Waals surface area (Å²) in [6.07, 6.45) is 7.77. The first-order chi connectivity index (χ1) is 8.34. The highest BCUT2D eigenvalue weighted by Gasteiger charge is 2.18. The van der Waals surface area contributed by atoms with Crippen LogP contribution in [0.15, 0.2) is 24.7 Å².